The molecule has 0 saturated heterocycles. The SMILES string of the molecule is C=CCc1cn[c]cn1. The van der Waals surface area contributed by atoms with Crippen LogP contribution in [-0.2, 0) is 6.42 Å². The molecule has 0 unspecified atom stereocenters. The summed E-state index contributed by atoms with van der Waals surface area (Å²) in [5, 5.41) is 0. The van der Waals surface area contributed by atoms with Crippen molar-refractivity contribution in [2.75, 3.05) is 0 Å². The molecule has 0 aliphatic carbocycles. The quantitative estimate of drug-likeness (QED) is 0.543. The van der Waals surface area contributed by atoms with Gasteiger partial charge in [-0.1, -0.05) is 6.08 Å². The molecule has 0 amide bonds. The number of rotatable bonds is 2. The van der Waals surface area contributed by atoms with Crippen molar-refractivity contribution in [1.82, 2.24) is 9.97 Å². The van der Waals surface area contributed by atoms with Crippen molar-refractivity contribution < 1.29 is 0 Å². The van der Waals surface area contributed by atoms with Crippen molar-refractivity contribution in [3.8, 4) is 0 Å². The molecule has 2 nitrogen and oxygen atoms in total. The molecule has 0 bridgehead atoms. The predicted octanol–water partition coefficient (Wildman–Crippen LogP) is 1.01. The van der Waals surface area contributed by atoms with Gasteiger partial charge in [-0.2, -0.15) is 0 Å². The van der Waals surface area contributed by atoms with E-state index in [-0.39, 0.29) is 0 Å². The molecule has 1 radical (unpaired) electrons. The van der Waals surface area contributed by atoms with E-state index in [4.69, 9.17) is 0 Å². The molecule has 2 heteroatoms. The Hall–Kier alpha value is -1.18. The minimum Gasteiger partial charge on any atom is -0.257 e. The first-order chi connectivity index (χ1) is 4.43. The molecule has 0 aliphatic rings. The molecule has 0 saturated carbocycles. The van der Waals surface area contributed by atoms with Crippen LogP contribution in [0.15, 0.2) is 25.0 Å². The topological polar surface area (TPSA) is 25.8 Å². The Morgan fingerprint density at radius 2 is 2.67 bits per heavy atom. The highest BCUT2D eigenvalue weighted by Crippen LogP contribution is 1.89. The second-order valence-corrected chi connectivity index (χ2v) is 1.63. The Kier molecular flexibility index (Phi) is 1.96. The molecule has 0 N–H and O–H groups in total. The highest BCUT2D eigenvalue weighted by atomic mass is 14.8. The van der Waals surface area contributed by atoms with Crippen LogP contribution in [0.5, 0.6) is 0 Å². The Balaban J connectivity index is 2.72. The number of allylic oxidation sites excluding steroid dienone is 1. The maximum Gasteiger partial charge on any atom is 0.108 e. The fourth-order valence-corrected chi connectivity index (χ4v) is 0.544. The summed E-state index contributed by atoms with van der Waals surface area (Å²) in [5.41, 5.74) is 0.934. The monoisotopic (exact) mass is 119 g/mol. The maximum absolute atomic E-state index is 3.98. The first-order valence-corrected chi connectivity index (χ1v) is 2.71. The van der Waals surface area contributed by atoms with Crippen LogP contribution >= 0.6 is 0 Å². The van der Waals surface area contributed by atoms with Gasteiger partial charge in [-0.3, -0.25) is 9.97 Å². The molecule has 0 aromatic carbocycles. The minimum atomic E-state index is 0.779. The third kappa shape index (κ3) is 1.64. The van der Waals surface area contributed by atoms with Crippen molar-refractivity contribution in [3.63, 3.8) is 0 Å². The second kappa shape index (κ2) is 2.97. The number of hydrogen-bond donors (Lipinski definition) is 0. The van der Waals surface area contributed by atoms with E-state index in [1.165, 1.54) is 0 Å². The first-order valence-electron chi connectivity index (χ1n) is 2.71. The normalized spacial score (nSPS) is 8.89. The summed E-state index contributed by atoms with van der Waals surface area (Å²) in [7, 11) is 0. The van der Waals surface area contributed by atoms with E-state index < -0.39 is 0 Å². The van der Waals surface area contributed by atoms with E-state index in [9.17, 15) is 0 Å². The van der Waals surface area contributed by atoms with Crippen molar-refractivity contribution in [2.45, 2.75) is 6.42 Å². The van der Waals surface area contributed by atoms with E-state index in [2.05, 4.69) is 22.7 Å². The van der Waals surface area contributed by atoms with Crippen LogP contribution in [0.4, 0.5) is 0 Å². The third-order valence-corrected chi connectivity index (χ3v) is 0.930. The highest BCUT2D eigenvalue weighted by molar-refractivity contribution is 4.98. The van der Waals surface area contributed by atoms with Gasteiger partial charge in [-0.15, -0.1) is 6.58 Å². The zero-order valence-electron chi connectivity index (χ0n) is 5.04. The van der Waals surface area contributed by atoms with Gasteiger partial charge in [0.1, 0.15) is 6.20 Å². The Morgan fingerprint density at radius 1 is 1.78 bits per heavy atom. The molecule has 0 aliphatic heterocycles. The summed E-state index contributed by atoms with van der Waals surface area (Å²) in [6.45, 7) is 3.58. The van der Waals surface area contributed by atoms with Gasteiger partial charge in [0.25, 0.3) is 0 Å². The fourth-order valence-electron chi connectivity index (χ4n) is 0.544. The molecule has 1 aromatic rings. The lowest BCUT2D eigenvalue weighted by Crippen LogP contribution is -1.86. The lowest BCUT2D eigenvalue weighted by Gasteiger charge is -1.88. The van der Waals surface area contributed by atoms with Crippen LogP contribution in [0.25, 0.3) is 0 Å². The lowest BCUT2D eigenvalue weighted by molar-refractivity contribution is 1.05. The average Bonchev–Trinajstić information content (AvgIpc) is 1.91. The number of hydrogen-bond acceptors (Lipinski definition) is 2. The molecule has 9 heavy (non-hydrogen) atoms. The summed E-state index contributed by atoms with van der Waals surface area (Å²) in [5.74, 6) is 0. The summed E-state index contributed by atoms with van der Waals surface area (Å²) in [6.07, 6.45) is 8.41. The highest BCUT2D eigenvalue weighted by Gasteiger charge is 1.85. The Morgan fingerprint density at radius 3 is 3.22 bits per heavy atom. The third-order valence-electron chi connectivity index (χ3n) is 0.930. The van der Waals surface area contributed by atoms with Gasteiger partial charge in [-0.05, 0) is 0 Å². The standard InChI is InChI=1S/C7H7N2/c1-2-3-7-6-8-4-5-9-7/h2,5-6H,1,3H2. The Labute approximate surface area is 54.3 Å². The van der Waals surface area contributed by atoms with E-state index in [1.807, 2.05) is 0 Å². The van der Waals surface area contributed by atoms with E-state index in [0.717, 1.165) is 12.1 Å². The predicted molar refractivity (Wildman–Crippen MR) is 34.8 cm³/mol. The van der Waals surface area contributed by atoms with Crippen LogP contribution in [-0.4, -0.2) is 9.97 Å². The second-order valence-electron chi connectivity index (χ2n) is 1.63. The fraction of sp³-hybridized carbons (Fsp3) is 0.143. The molecule has 1 heterocycles. The maximum atomic E-state index is 3.98. The van der Waals surface area contributed by atoms with Crippen LogP contribution < -0.4 is 0 Å². The van der Waals surface area contributed by atoms with Crippen molar-refractivity contribution >= 4 is 0 Å². The van der Waals surface area contributed by atoms with Crippen molar-refractivity contribution in [2.24, 2.45) is 0 Å². The summed E-state index contributed by atoms with van der Waals surface area (Å²) in [4.78, 5) is 7.75. The van der Waals surface area contributed by atoms with Crippen LogP contribution in [0.3, 0.4) is 0 Å². The summed E-state index contributed by atoms with van der Waals surface area (Å²) >= 11 is 0. The number of aromatic nitrogens is 2. The van der Waals surface area contributed by atoms with Gasteiger partial charge in [0.2, 0.25) is 0 Å². The smallest absolute Gasteiger partial charge is 0.108 e. The largest absolute Gasteiger partial charge is 0.257 e. The van der Waals surface area contributed by atoms with E-state index in [1.54, 1.807) is 18.5 Å². The van der Waals surface area contributed by atoms with Gasteiger partial charge in [-0.25, -0.2) is 0 Å². The van der Waals surface area contributed by atoms with Crippen molar-refractivity contribution in [3.05, 3.63) is 36.9 Å². The van der Waals surface area contributed by atoms with E-state index in [0.29, 0.717) is 0 Å². The molecule has 0 spiro atoms. The van der Waals surface area contributed by atoms with Gasteiger partial charge < -0.3 is 0 Å². The van der Waals surface area contributed by atoms with Gasteiger partial charge in [0, 0.05) is 12.6 Å². The van der Waals surface area contributed by atoms with E-state index >= 15 is 0 Å². The van der Waals surface area contributed by atoms with Crippen LogP contribution in [0, 0.1) is 6.20 Å². The molecule has 1 aromatic heterocycles. The number of nitrogens with zero attached hydrogens (tertiary/aromatic N) is 2. The van der Waals surface area contributed by atoms with Crippen molar-refractivity contribution in [1.29, 1.82) is 0 Å². The van der Waals surface area contributed by atoms with Crippen LogP contribution in [0.1, 0.15) is 5.69 Å². The first kappa shape index (κ1) is 5.95. The lowest BCUT2D eigenvalue weighted by atomic mass is 10.3. The summed E-state index contributed by atoms with van der Waals surface area (Å²) in [6, 6.07) is 0. The zero-order valence-corrected chi connectivity index (χ0v) is 5.04. The Bertz CT molecular complexity index is 181. The molecular formula is C7H7N2. The molecule has 1 rings (SSSR count). The molecule has 45 valence electrons. The van der Waals surface area contributed by atoms with Gasteiger partial charge >= 0.3 is 0 Å². The van der Waals surface area contributed by atoms with Gasteiger partial charge in [0.15, 0.2) is 0 Å². The minimum absolute atomic E-state index is 0.779. The summed E-state index contributed by atoms with van der Waals surface area (Å²) < 4.78 is 0. The van der Waals surface area contributed by atoms with Gasteiger partial charge in [0.05, 0.1) is 11.9 Å². The molecule has 0 fully saturated rings. The molecular weight excluding hydrogens is 112 g/mol. The average molecular weight is 119 g/mol. The molecule has 0 atom stereocenters. The van der Waals surface area contributed by atoms with Crippen LogP contribution in [0.2, 0.25) is 0 Å². The zero-order chi connectivity index (χ0) is 6.53.